The number of alkyl halides is 3. The van der Waals surface area contributed by atoms with Crippen LogP contribution in [0, 0.1) is 11.8 Å². The Bertz CT molecular complexity index is 951. The molecular weight excluding hydrogens is 567 g/mol. The number of aliphatic hydroxyl groups is 3. The molecule has 6 atom stereocenters. The summed E-state index contributed by atoms with van der Waals surface area (Å²) in [5, 5.41) is 30.8. The zero-order chi connectivity index (χ0) is 25.4. The molecule has 196 valence electrons. The standard InChI is InChI=1S/C30H45IO3S/c1-20(19-35-26-10-6-9-24(17-26)29(3,4)34)31-15-13-27-22(8-7-14-30(27,31)5)11-12-23-16-25(32)18-28(33)21(23)2/h6,9-12,17,20-21,25,27-28,32-34H,7-8,13-16,18-19H2,1-5H3/b22-11+,23-12-/t20-,21?,25+,27-,28-,30-/m0/s1. The Kier molecular flexibility index (Phi) is 8.85. The van der Waals surface area contributed by atoms with Gasteiger partial charge in [0.25, 0.3) is 0 Å². The number of halogens is 1. The summed E-state index contributed by atoms with van der Waals surface area (Å²) in [7, 11) is 0. The molecule has 1 aliphatic heterocycles. The molecule has 0 spiro atoms. The maximum absolute atomic E-state index is 10.4. The van der Waals surface area contributed by atoms with Crippen molar-refractivity contribution >= 4 is 31.6 Å². The summed E-state index contributed by atoms with van der Waals surface area (Å²) in [6.45, 7) is 10.9. The van der Waals surface area contributed by atoms with Gasteiger partial charge in [-0.2, -0.15) is 0 Å². The summed E-state index contributed by atoms with van der Waals surface area (Å²) in [6.07, 6.45) is 10.2. The van der Waals surface area contributed by atoms with Crippen molar-refractivity contribution in [1.29, 1.82) is 0 Å². The first-order valence-corrected chi connectivity index (χ1v) is 18.2. The summed E-state index contributed by atoms with van der Waals surface area (Å²) in [5.41, 5.74) is 3.04. The van der Waals surface area contributed by atoms with Crippen LogP contribution < -0.4 is 0 Å². The Balaban J connectivity index is 1.44. The van der Waals surface area contributed by atoms with Gasteiger partial charge in [0.15, 0.2) is 0 Å². The normalized spacial score (nSPS) is 35.9. The number of aliphatic hydroxyl groups excluding tert-OH is 2. The minimum absolute atomic E-state index is 0.143. The van der Waals surface area contributed by atoms with E-state index < -0.39 is 37.6 Å². The first kappa shape index (κ1) is 27.7. The van der Waals surface area contributed by atoms with Crippen LogP contribution in [0.5, 0.6) is 0 Å². The maximum atomic E-state index is 10.4. The Labute approximate surface area is 224 Å². The van der Waals surface area contributed by atoms with Gasteiger partial charge in [0.1, 0.15) is 0 Å². The van der Waals surface area contributed by atoms with Crippen molar-refractivity contribution in [1.82, 2.24) is 0 Å². The third-order valence-corrected chi connectivity index (χ3v) is 19.7. The van der Waals surface area contributed by atoms with Gasteiger partial charge in [-0.3, -0.25) is 0 Å². The van der Waals surface area contributed by atoms with Crippen molar-refractivity contribution < 1.29 is 15.3 Å². The molecule has 35 heavy (non-hydrogen) atoms. The van der Waals surface area contributed by atoms with Gasteiger partial charge in [0.05, 0.1) is 0 Å². The number of benzene rings is 1. The van der Waals surface area contributed by atoms with E-state index in [0.29, 0.717) is 16.3 Å². The Morgan fingerprint density at radius 3 is 2.71 bits per heavy atom. The zero-order valence-corrected chi connectivity index (χ0v) is 25.1. The molecule has 4 rings (SSSR count). The molecular formula is C30H45IO3S. The predicted octanol–water partition coefficient (Wildman–Crippen LogP) is 6.87. The van der Waals surface area contributed by atoms with Crippen LogP contribution in [0.4, 0.5) is 0 Å². The van der Waals surface area contributed by atoms with Gasteiger partial charge in [0, 0.05) is 0 Å². The fourth-order valence-electron chi connectivity index (χ4n) is 6.36. The van der Waals surface area contributed by atoms with Gasteiger partial charge in [-0.15, -0.1) is 0 Å². The Hall–Kier alpha value is -0.340. The van der Waals surface area contributed by atoms with Crippen LogP contribution in [0.15, 0.2) is 52.5 Å². The number of rotatable bonds is 6. The summed E-state index contributed by atoms with van der Waals surface area (Å²) >= 11 is 0.796. The second kappa shape index (κ2) is 11.2. The van der Waals surface area contributed by atoms with Gasteiger partial charge < -0.3 is 0 Å². The first-order valence-electron chi connectivity index (χ1n) is 13.3. The first-order chi connectivity index (χ1) is 16.5. The molecule has 0 bridgehead atoms. The van der Waals surface area contributed by atoms with Crippen LogP contribution >= 0.6 is 31.6 Å². The molecule has 2 saturated carbocycles. The van der Waals surface area contributed by atoms with Crippen LogP contribution in [0.2, 0.25) is 0 Å². The van der Waals surface area contributed by atoms with Gasteiger partial charge in [-0.25, -0.2) is 0 Å². The van der Waals surface area contributed by atoms with E-state index in [4.69, 9.17) is 0 Å². The van der Waals surface area contributed by atoms with E-state index in [1.807, 2.05) is 31.7 Å². The molecule has 3 N–H and O–H groups in total. The van der Waals surface area contributed by atoms with Gasteiger partial charge >= 0.3 is 225 Å². The van der Waals surface area contributed by atoms with E-state index in [1.54, 1.807) is 5.57 Å². The third-order valence-electron chi connectivity index (χ3n) is 8.59. The van der Waals surface area contributed by atoms with E-state index in [0.717, 1.165) is 15.4 Å². The molecule has 5 heteroatoms. The topological polar surface area (TPSA) is 60.7 Å². The van der Waals surface area contributed by atoms with Gasteiger partial charge in [-0.1, -0.05) is 0 Å². The monoisotopic (exact) mass is 612 g/mol. The molecule has 0 amide bonds. The number of hydrogen-bond donors (Lipinski definition) is 3. The van der Waals surface area contributed by atoms with E-state index in [2.05, 4.69) is 51.1 Å². The average Bonchev–Trinajstić information content (AvgIpc) is 3.16. The average molecular weight is 613 g/mol. The fraction of sp³-hybridized carbons (Fsp3) is 0.667. The van der Waals surface area contributed by atoms with Crippen LogP contribution in [-0.2, 0) is 5.60 Å². The number of hydrogen-bond acceptors (Lipinski definition) is 4. The quantitative estimate of drug-likeness (QED) is 0.187. The van der Waals surface area contributed by atoms with Crippen LogP contribution in [-0.4, -0.2) is 45.1 Å². The Morgan fingerprint density at radius 1 is 1.23 bits per heavy atom. The van der Waals surface area contributed by atoms with Crippen molar-refractivity contribution in [2.45, 2.75) is 103 Å². The molecule has 0 aromatic heterocycles. The summed E-state index contributed by atoms with van der Waals surface area (Å²) in [6, 6.07) is 8.44. The summed E-state index contributed by atoms with van der Waals surface area (Å²) in [5.74, 6) is 2.04. The van der Waals surface area contributed by atoms with Crippen molar-refractivity contribution in [3.05, 3.63) is 53.1 Å². The Morgan fingerprint density at radius 2 is 1.97 bits per heavy atom. The van der Waals surface area contributed by atoms with Crippen LogP contribution in [0.3, 0.4) is 0 Å². The van der Waals surface area contributed by atoms with Crippen molar-refractivity contribution in [3.63, 3.8) is 0 Å². The number of fused-ring (bicyclic) bond motifs is 1. The molecule has 1 unspecified atom stereocenters. The van der Waals surface area contributed by atoms with Crippen molar-refractivity contribution in [2.24, 2.45) is 11.8 Å². The third kappa shape index (κ3) is 6.22. The van der Waals surface area contributed by atoms with Crippen LogP contribution in [0.25, 0.3) is 0 Å². The number of thioether (sulfide) groups is 1. The molecule has 1 aromatic carbocycles. The second-order valence-corrected chi connectivity index (χ2v) is 20.7. The van der Waals surface area contributed by atoms with Crippen LogP contribution in [0.1, 0.15) is 78.7 Å². The molecule has 1 heterocycles. The molecule has 1 aromatic rings. The number of allylic oxidation sites excluding steroid dienone is 3. The van der Waals surface area contributed by atoms with E-state index in [-0.39, 0.29) is 5.92 Å². The predicted molar refractivity (Wildman–Crippen MR) is 158 cm³/mol. The molecule has 1 saturated heterocycles. The summed E-state index contributed by atoms with van der Waals surface area (Å²) < 4.78 is 2.77. The molecule has 3 fully saturated rings. The SMILES string of the molecule is CC1/C(=C\C=C2/CCC[C@@]3(C)[C@H]2CCI3[C@@H](C)CSc2cccc(C(C)(C)O)c2)C[C@@H](O)C[C@@H]1O. The van der Waals surface area contributed by atoms with E-state index in [1.165, 1.54) is 46.3 Å². The molecule has 3 nitrogen and oxygen atoms in total. The zero-order valence-electron chi connectivity index (χ0n) is 22.1. The van der Waals surface area contributed by atoms with Crippen molar-refractivity contribution in [2.75, 3.05) is 10.2 Å². The van der Waals surface area contributed by atoms with Gasteiger partial charge in [-0.05, 0) is 0 Å². The van der Waals surface area contributed by atoms with E-state index >= 15 is 0 Å². The second-order valence-electron chi connectivity index (χ2n) is 11.7. The van der Waals surface area contributed by atoms with Gasteiger partial charge in [0.2, 0.25) is 0 Å². The summed E-state index contributed by atoms with van der Waals surface area (Å²) in [4.78, 5) is 1.27. The van der Waals surface area contributed by atoms with Crippen molar-refractivity contribution in [3.8, 4) is 0 Å². The molecule has 0 radical (unpaired) electrons. The fourth-order valence-corrected chi connectivity index (χ4v) is 17.9. The van der Waals surface area contributed by atoms with E-state index in [9.17, 15) is 15.3 Å². The minimum atomic E-state index is -1.17. The molecule has 2 aliphatic carbocycles. The molecule has 3 aliphatic rings.